The van der Waals surface area contributed by atoms with Crippen molar-refractivity contribution >= 4 is 11.6 Å². The van der Waals surface area contributed by atoms with Crippen LogP contribution in [0.1, 0.15) is 51.9 Å². The first kappa shape index (κ1) is 20.0. The molecule has 26 heavy (non-hydrogen) atoms. The molecule has 1 aromatic carbocycles. The zero-order valence-corrected chi connectivity index (χ0v) is 15.8. The van der Waals surface area contributed by atoms with Crippen molar-refractivity contribution in [2.75, 3.05) is 11.9 Å². The number of carbonyl (C=O) groups is 1. The number of benzene rings is 1. The summed E-state index contributed by atoms with van der Waals surface area (Å²) in [5.41, 5.74) is 0.825. The summed E-state index contributed by atoms with van der Waals surface area (Å²) in [7, 11) is 0. The van der Waals surface area contributed by atoms with Crippen molar-refractivity contribution in [3.63, 3.8) is 0 Å². The third-order valence-electron chi connectivity index (χ3n) is 4.25. The van der Waals surface area contributed by atoms with Crippen molar-refractivity contribution in [2.24, 2.45) is 0 Å². The van der Waals surface area contributed by atoms with E-state index in [1.165, 1.54) is 19.3 Å². The first-order valence-corrected chi connectivity index (χ1v) is 9.74. The van der Waals surface area contributed by atoms with Gasteiger partial charge in [0.2, 0.25) is 5.91 Å². The first-order chi connectivity index (χ1) is 12.8. The van der Waals surface area contributed by atoms with E-state index in [2.05, 4.69) is 16.8 Å². The van der Waals surface area contributed by atoms with E-state index in [0.717, 1.165) is 43.9 Å². The Morgan fingerprint density at radius 3 is 2.46 bits per heavy atom. The fraction of sp³-hybridized carbons (Fsp3) is 0.455. The number of hydrogen-bond acceptors (Lipinski definition) is 2. The van der Waals surface area contributed by atoms with Gasteiger partial charge in [-0.25, -0.2) is 4.57 Å². The van der Waals surface area contributed by atoms with E-state index < -0.39 is 0 Å². The number of nitrogens with one attached hydrogen (secondary N) is 1. The number of hydrogen-bond donors (Lipinski definition) is 1. The van der Waals surface area contributed by atoms with Crippen LogP contribution in [0.5, 0.6) is 5.75 Å². The summed E-state index contributed by atoms with van der Waals surface area (Å²) in [6, 6.07) is 13.7. The molecule has 0 unspecified atom stereocenters. The first-order valence-electron chi connectivity index (χ1n) is 9.74. The molecule has 1 N–H and O–H groups in total. The zero-order chi connectivity index (χ0) is 18.5. The predicted molar refractivity (Wildman–Crippen MR) is 105 cm³/mol. The highest BCUT2D eigenvalue weighted by Gasteiger charge is 2.04. The van der Waals surface area contributed by atoms with E-state index >= 15 is 0 Å². The van der Waals surface area contributed by atoms with Crippen LogP contribution in [0.15, 0.2) is 54.9 Å². The molecular formula is C22H31N2O2+. The van der Waals surface area contributed by atoms with Crippen molar-refractivity contribution in [3.05, 3.63) is 54.9 Å². The van der Waals surface area contributed by atoms with Crippen LogP contribution in [0, 0.1) is 0 Å². The van der Waals surface area contributed by atoms with Crippen LogP contribution in [-0.2, 0) is 11.3 Å². The topological polar surface area (TPSA) is 42.2 Å². The van der Waals surface area contributed by atoms with Crippen LogP contribution in [0.2, 0.25) is 0 Å². The van der Waals surface area contributed by atoms with E-state index in [0.29, 0.717) is 6.42 Å². The smallest absolute Gasteiger partial charge is 0.224 e. The molecule has 1 aromatic heterocycles. The Balaban J connectivity index is 1.60. The number of rotatable bonds is 12. The third kappa shape index (κ3) is 8.15. The second-order valence-corrected chi connectivity index (χ2v) is 6.55. The number of amides is 1. The van der Waals surface area contributed by atoms with E-state index in [4.69, 9.17) is 4.74 Å². The largest absolute Gasteiger partial charge is 0.494 e. The van der Waals surface area contributed by atoms with Gasteiger partial charge < -0.3 is 10.1 Å². The third-order valence-corrected chi connectivity index (χ3v) is 4.25. The molecule has 0 bridgehead atoms. The van der Waals surface area contributed by atoms with Crippen LogP contribution in [0.3, 0.4) is 0 Å². The second-order valence-electron chi connectivity index (χ2n) is 6.55. The van der Waals surface area contributed by atoms with Gasteiger partial charge in [-0.05, 0) is 37.1 Å². The molecule has 0 atom stereocenters. The minimum absolute atomic E-state index is 0.0660. The van der Waals surface area contributed by atoms with Crippen LogP contribution < -0.4 is 14.6 Å². The highest BCUT2D eigenvalue weighted by Crippen LogP contribution is 2.16. The van der Waals surface area contributed by atoms with Crippen molar-refractivity contribution in [1.29, 1.82) is 0 Å². The van der Waals surface area contributed by atoms with Gasteiger partial charge in [-0.2, -0.15) is 0 Å². The van der Waals surface area contributed by atoms with Gasteiger partial charge in [-0.15, -0.1) is 0 Å². The van der Waals surface area contributed by atoms with Gasteiger partial charge in [0.05, 0.1) is 6.61 Å². The second kappa shape index (κ2) is 12.1. The molecule has 0 aliphatic carbocycles. The Hall–Kier alpha value is -2.36. The number of unbranched alkanes of at least 4 members (excludes halogenated alkanes) is 4. The predicted octanol–water partition coefficient (Wildman–Crippen LogP) is 4.74. The highest BCUT2D eigenvalue weighted by atomic mass is 16.5. The molecular weight excluding hydrogens is 324 g/mol. The summed E-state index contributed by atoms with van der Waals surface area (Å²) in [6.07, 6.45) is 11.3. The standard InChI is InChI=1S/C22H30N2O2/c1-2-3-4-10-19-26-21-14-12-20(13-15-21)23-22(25)11-6-9-18-24-16-7-5-8-17-24/h5,7-8,12-17H,2-4,6,9-11,18-19H2,1H3/p+1. The molecule has 2 rings (SSSR count). The maximum atomic E-state index is 12.0. The molecule has 0 aliphatic rings. The molecule has 0 radical (unpaired) electrons. The molecule has 4 heteroatoms. The monoisotopic (exact) mass is 355 g/mol. The van der Waals surface area contributed by atoms with Crippen molar-refractivity contribution in [2.45, 2.75) is 58.4 Å². The molecule has 2 aromatic rings. The highest BCUT2D eigenvalue weighted by molar-refractivity contribution is 5.90. The number of nitrogens with zero attached hydrogens (tertiary/aromatic N) is 1. The van der Waals surface area contributed by atoms with E-state index in [-0.39, 0.29) is 5.91 Å². The normalized spacial score (nSPS) is 10.5. The van der Waals surface area contributed by atoms with Gasteiger partial charge in [0.15, 0.2) is 12.4 Å². The molecule has 1 heterocycles. The lowest BCUT2D eigenvalue weighted by atomic mass is 10.2. The summed E-state index contributed by atoms with van der Waals surface area (Å²) in [5.74, 6) is 0.927. The number of pyridine rings is 1. The van der Waals surface area contributed by atoms with E-state index in [9.17, 15) is 4.79 Å². The number of aromatic nitrogens is 1. The average molecular weight is 356 g/mol. The van der Waals surface area contributed by atoms with Crippen molar-refractivity contribution < 1.29 is 14.1 Å². The Morgan fingerprint density at radius 2 is 1.73 bits per heavy atom. The summed E-state index contributed by atoms with van der Waals surface area (Å²) >= 11 is 0. The number of carbonyl (C=O) groups excluding carboxylic acids is 1. The van der Waals surface area contributed by atoms with E-state index in [1.807, 2.05) is 54.9 Å². The van der Waals surface area contributed by atoms with Gasteiger partial charge in [-0.1, -0.05) is 32.3 Å². The Morgan fingerprint density at radius 1 is 0.962 bits per heavy atom. The molecule has 140 valence electrons. The van der Waals surface area contributed by atoms with Crippen molar-refractivity contribution in [1.82, 2.24) is 0 Å². The minimum Gasteiger partial charge on any atom is -0.494 e. The van der Waals surface area contributed by atoms with Crippen LogP contribution in [0.25, 0.3) is 0 Å². The number of anilines is 1. The molecule has 0 saturated heterocycles. The molecule has 1 amide bonds. The lowest BCUT2D eigenvalue weighted by molar-refractivity contribution is -0.697. The lowest BCUT2D eigenvalue weighted by Crippen LogP contribution is -2.32. The van der Waals surface area contributed by atoms with E-state index in [1.54, 1.807) is 0 Å². The van der Waals surface area contributed by atoms with Gasteiger partial charge in [0.1, 0.15) is 12.3 Å². The van der Waals surface area contributed by atoms with Crippen molar-refractivity contribution in [3.8, 4) is 5.75 Å². The Bertz CT molecular complexity index is 626. The minimum atomic E-state index is 0.0660. The molecule has 0 fully saturated rings. The van der Waals surface area contributed by atoms with Crippen LogP contribution >= 0.6 is 0 Å². The average Bonchev–Trinajstić information content (AvgIpc) is 2.67. The molecule has 4 nitrogen and oxygen atoms in total. The van der Waals surface area contributed by atoms with Gasteiger partial charge in [-0.3, -0.25) is 4.79 Å². The SMILES string of the molecule is CCCCCCOc1ccc(NC(=O)CCCC[n+]2ccccc2)cc1. The molecule has 0 saturated carbocycles. The summed E-state index contributed by atoms with van der Waals surface area (Å²) in [5, 5.41) is 2.95. The lowest BCUT2D eigenvalue weighted by Gasteiger charge is -2.08. The van der Waals surface area contributed by atoms with Crippen LogP contribution in [-0.4, -0.2) is 12.5 Å². The van der Waals surface area contributed by atoms with Gasteiger partial charge in [0.25, 0.3) is 0 Å². The van der Waals surface area contributed by atoms with Gasteiger partial charge in [0, 0.05) is 30.7 Å². The quantitative estimate of drug-likeness (QED) is 0.441. The number of ether oxygens (including phenoxy) is 1. The maximum absolute atomic E-state index is 12.0. The summed E-state index contributed by atoms with van der Waals surface area (Å²) in [6.45, 7) is 3.90. The molecule has 0 aliphatic heterocycles. The summed E-state index contributed by atoms with van der Waals surface area (Å²) < 4.78 is 7.86. The molecule has 0 spiro atoms. The van der Waals surface area contributed by atoms with Gasteiger partial charge >= 0.3 is 0 Å². The Labute approximate surface area is 157 Å². The summed E-state index contributed by atoms with van der Waals surface area (Å²) in [4.78, 5) is 12.0. The fourth-order valence-electron chi connectivity index (χ4n) is 2.74. The number of aryl methyl sites for hydroxylation is 1. The maximum Gasteiger partial charge on any atom is 0.224 e. The Kier molecular flexibility index (Phi) is 9.26. The fourth-order valence-corrected chi connectivity index (χ4v) is 2.74. The zero-order valence-electron chi connectivity index (χ0n) is 15.8. The van der Waals surface area contributed by atoms with Crippen LogP contribution in [0.4, 0.5) is 5.69 Å².